The van der Waals surface area contributed by atoms with Gasteiger partial charge in [-0.05, 0) is 65.8 Å². The van der Waals surface area contributed by atoms with Gasteiger partial charge in [0.25, 0.3) is 0 Å². The van der Waals surface area contributed by atoms with E-state index >= 15 is 0 Å². The molecule has 0 spiro atoms. The zero-order valence-electron chi connectivity index (χ0n) is 17.1. The lowest BCUT2D eigenvalue weighted by molar-refractivity contribution is -0.120. The Hall–Kier alpha value is -2.96. The van der Waals surface area contributed by atoms with Gasteiger partial charge in [-0.2, -0.15) is 4.31 Å². The number of benzene rings is 3. The smallest absolute Gasteiger partial charge is 0.243 e. The van der Waals surface area contributed by atoms with Gasteiger partial charge in [0.1, 0.15) is 0 Å². The molecule has 1 saturated heterocycles. The monoisotopic (exact) mass is 432 g/mol. The number of sulfonamides is 1. The third kappa shape index (κ3) is 3.77. The lowest BCUT2D eigenvalue weighted by Gasteiger charge is -2.30. The van der Waals surface area contributed by atoms with Gasteiger partial charge in [-0.1, -0.05) is 48.5 Å². The average Bonchev–Trinajstić information content (AvgIpc) is 3.17. The van der Waals surface area contributed by atoms with Crippen LogP contribution in [-0.2, 0) is 21.2 Å². The molecule has 3 aromatic rings. The molecule has 0 bridgehead atoms. The van der Waals surface area contributed by atoms with Gasteiger partial charge in [-0.25, -0.2) is 8.42 Å². The van der Waals surface area contributed by atoms with Crippen molar-refractivity contribution in [3.05, 3.63) is 83.9 Å². The molecule has 0 atom stereocenters. The summed E-state index contributed by atoms with van der Waals surface area (Å²) in [7, 11) is -3.50. The van der Waals surface area contributed by atoms with Crippen LogP contribution in [0.15, 0.2) is 77.7 Å². The largest absolute Gasteiger partial charge is 0.326 e. The van der Waals surface area contributed by atoms with E-state index in [-0.39, 0.29) is 11.8 Å². The van der Waals surface area contributed by atoms with E-state index in [4.69, 9.17) is 0 Å². The molecule has 1 N–H and O–H groups in total. The van der Waals surface area contributed by atoms with Crippen molar-refractivity contribution < 1.29 is 13.2 Å². The Balaban J connectivity index is 1.23. The molecule has 0 unspecified atom stereocenters. The van der Waals surface area contributed by atoms with Gasteiger partial charge in [0.15, 0.2) is 0 Å². The summed E-state index contributed by atoms with van der Waals surface area (Å²) >= 11 is 0. The minimum atomic E-state index is -3.50. The van der Waals surface area contributed by atoms with Crippen molar-refractivity contribution >= 4 is 21.6 Å². The van der Waals surface area contributed by atoms with E-state index in [0.717, 1.165) is 12.1 Å². The van der Waals surface area contributed by atoms with E-state index in [1.165, 1.54) is 26.6 Å². The predicted octanol–water partition coefficient (Wildman–Crippen LogP) is 4.30. The molecular formula is C25H24N2O3S. The SMILES string of the molecule is O=C(Nc1ccc2c(c1)Cc1ccccc1-2)C1CCN(S(=O)(=O)c2ccccc2)CC1. The first-order valence-corrected chi connectivity index (χ1v) is 12.0. The molecule has 31 heavy (non-hydrogen) atoms. The van der Waals surface area contributed by atoms with E-state index in [9.17, 15) is 13.2 Å². The van der Waals surface area contributed by atoms with E-state index in [0.29, 0.717) is 30.8 Å². The summed E-state index contributed by atoms with van der Waals surface area (Å²) in [5, 5.41) is 3.05. The van der Waals surface area contributed by atoms with Crippen LogP contribution in [0.5, 0.6) is 0 Å². The normalized spacial score (nSPS) is 16.5. The van der Waals surface area contributed by atoms with Crippen LogP contribution in [-0.4, -0.2) is 31.7 Å². The summed E-state index contributed by atoms with van der Waals surface area (Å²) in [6, 6.07) is 22.9. The standard InChI is InChI=1S/C25H24N2O3S/c28-25(18-12-14-27(15-13-18)31(29,30)22-7-2-1-3-8-22)26-21-10-11-24-20(17-21)16-19-6-4-5-9-23(19)24/h1-11,17-18H,12-16H2,(H,26,28). The fourth-order valence-corrected chi connectivity index (χ4v) is 6.06. The maximum absolute atomic E-state index is 12.8. The molecule has 1 aliphatic carbocycles. The van der Waals surface area contributed by atoms with Crippen LogP contribution < -0.4 is 5.32 Å². The van der Waals surface area contributed by atoms with Crippen LogP contribution in [0.1, 0.15) is 24.0 Å². The summed E-state index contributed by atoms with van der Waals surface area (Å²) in [6.07, 6.45) is 1.92. The van der Waals surface area contributed by atoms with Crippen molar-refractivity contribution in [1.82, 2.24) is 4.31 Å². The van der Waals surface area contributed by atoms with E-state index in [1.54, 1.807) is 30.3 Å². The Bertz CT molecular complexity index is 1230. The zero-order chi connectivity index (χ0) is 21.4. The molecule has 6 heteroatoms. The lowest BCUT2D eigenvalue weighted by atomic mass is 9.97. The van der Waals surface area contributed by atoms with Crippen LogP contribution in [0.3, 0.4) is 0 Å². The van der Waals surface area contributed by atoms with Crippen LogP contribution >= 0.6 is 0 Å². The highest BCUT2D eigenvalue weighted by atomic mass is 32.2. The fraction of sp³-hybridized carbons (Fsp3) is 0.240. The van der Waals surface area contributed by atoms with Crippen LogP contribution in [0.25, 0.3) is 11.1 Å². The number of nitrogens with zero attached hydrogens (tertiary/aromatic N) is 1. The topological polar surface area (TPSA) is 66.5 Å². The Morgan fingerprint density at radius 1 is 0.839 bits per heavy atom. The van der Waals surface area contributed by atoms with Gasteiger partial charge < -0.3 is 5.32 Å². The van der Waals surface area contributed by atoms with Crippen molar-refractivity contribution in [1.29, 1.82) is 0 Å². The molecule has 1 fully saturated rings. The van der Waals surface area contributed by atoms with Crippen molar-refractivity contribution in [2.75, 3.05) is 18.4 Å². The van der Waals surface area contributed by atoms with Crippen molar-refractivity contribution in [3.63, 3.8) is 0 Å². The minimum Gasteiger partial charge on any atom is -0.326 e. The number of amides is 1. The molecule has 2 aliphatic rings. The van der Waals surface area contributed by atoms with Crippen molar-refractivity contribution in [2.24, 2.45) is 5.92 Å². The number of carbonyl (C=O) groups is 1. The molecule has 3 aromatic carbocycles. The molecule has 0 radical (unpaired) electrons. The molecular weight excluding hydrogens is 408 g/mol. The first-order valence-electron chi connectivity index (χ1n) is 10.6. The van der Waals surface area contributed by atoms with Crippen molar-refractivity contribution in [2.45, 2.75) is 24.2 Å². The van der Waals surface area contributed by atoms with Gasteiger partial charge in [-0.15, -0.1) is 0 Å². The van der Waals surface area contributed by atoms with Crippen molar-refractivity contribution in [3.8, 4) is 11.1 Å². The second kappa shape index (κ2) is 7.94. The number of anilines is 1. The van der Waals surface area contributed by atoms with Crippen LogP contribution in [0.4, 0.5) is 5.69 Å². The number of nitrogens with one attached hydrogen (secondary N) is 1. The summed E-state index contributed by atoms with van der Waals surface area (Å²) < 4.78 is 27.0. The summed E-state index contributed by atoms with van der Waals surface area (Å²) in [5.41, 5.74) is 5.84. The van der Waals surface area contributed by atoms with E-state index in [2.05, 4.69) is 35.6 Å². The predicted molar refractivity (Wildman–Crippen MR) is 121 cm³/mol. The minimum absolute atomic E-state index is 0.0350. The molecule has 0 aromatic heterocycles. The average molecular weight is 433 g/mol. The second-order valence-corrected chi connectivity index (χ2v) is 10.1. The van der Waals surface area contributed by atoms with Crippen LogP contribution in [0, 0.1) is 5.92 Å². The lowest BCUT2D eigenvalue weighted by Crippen LogP contribution is -2.41. The fourth-order valence-electron chi connectivity index (χ4n) is 4.57. The van der Waals surface area contributed by atoms with E-state index < -0.39 is 10.0 Å². The highest BCUT2D eigenvalue weighted by Crippen LogP contribution is 2.37. The Labute approximate surface area is 182 Å². The Morgan fingerprint density at radius 3 is 2.29 bits per heavy atom. The summed E-state index contributed by atoms with van der Waals surface area (Å²) in [6.45, 7) is 0.712. The van der Waals surface area contributed by atoms with Gasteiger partial charge in [0.05, 0.1) is 4.90 Å². The third-order valence-electron chi connectivity index (χ3n) is 6.27. The maximum atomic E-state index is 12.8. The van der Waals surface area contributed by atoms with E-state index in [1.807, 2.05) is 12.1 Å². The number of carbonyl (C=O) groups excluding carboxylic acids is 1. The molecule has 5 rings (SSSR count). The highest BCUT2D eigenvalue weighted by molar-refractivity contribution is 7.89. The quantitative estimate of drug-likeness (QED) is 0.523. The molecule has 1 amide bonds. The molecule has 0 saturated carbocycles. The van der Waals surface area contributed by atoms with Gasteiger partial charge in [0.2, 0.25) is 15.9 Å². The summed E-state index contributed by atoms with van der Waals surface area (Å²) in [4.78, 5) is 13.1. The molecule has 1 aliphatic heterocycles. The number of rotatable bonds is 4. The van der Waals surface area contributed by atoms with Gasteiger partial charge >= 0.3 is 0 Å². The first-order chi connectivity index (χ1) is 15.0. The summed E-state index contributed by atoms with van der Waals surface area (Å²) in [5.74, 6) is -0.222. The zero-order valence-corrected chi connectivity index (χ0v) is 17.9. The Morgan fingerprint density at radius 2 is 1.52 bits per heavy atom. The third-order valence-corrected chi connectivity index (χ3v) is 8.18. The first kappa shape index (κ1) is 20.0. The van der Waals surface area contributed by atoms with Gasteiger partial charge in [-0.3, -0.25) is 4.79 Å². The Kier molecular flexibility index (Phi) is 5.12. The number of piperidine rings is 1. The number of hydrogen-bond donors (Lipinski definition) is 1. The number of hydrogen-bond acceptors (Lipinski definition) is 3. The van der Waals surface area contributed by atoms with Crippen LogP contribution in [0.2, 0.25) is 0 Å². The molecule has 158 valence electrons. The highest BCUT2D eigenvalue weighted by Gasteiger charge is 2.32. The second-order valence-electron chi connectivity index (χ2n) is 8.19. The van der Waals surface area contributed by atoms with Gasteiger partial charge in [0, 0.05) is 24.7 Å². The molecule has 1 heterocycles. The number of fused-ring (bicyclic) bond motifs is 3. The maximum Gasteiger partial charge on any atom is 0.243 e. The molecule has 5 nitrogen and oxygen atoms in total.